The number of nitrogens with zero attached hydrogens (tertiary/aromatic N) is 1. The molecule has 1 aromatic rings. The minimum absolute atomic E-state index is 0.0895. The molecule has 1 fully saturated rings. The number of likely N-dealkylation sites (tertiary alicyclic amines) is 1. The summed E-state index contributed by atoms with van der Waals surface area (Å²) in [6.45, 7) is 3.46. The highest BCUT2D eigenvalue weighted by atomic mass is 16.5. The van der Waals surface area contributed by atoms with Gasteiger partial charge in [0.15, 0.2) is 11.5 Å². The van der Waals surface area contributed by atoms with E-state index in [1.807, 2.05) is 25.1 Å². The normalized spacial score (nSPS) is 17.4. The minimum atomic E-state index is -0.902. The third-order valence-corrected chi connectivity index (χ3v) is 3.92. The molecule has 0 bridgehead atoms. The maximum absolute atomic E-state index is 11.8. The molecule has 1 unspecified atom stereocenters. The monoisotopic (exact) mass is 321 g/mol. The van der Waals surface area contributed by atoms with Crippen LogP contribution in [0.4, 0.5) is 0 Å². The van der Waals surface area contributed by atoms with Gasteiger partial charge in [0.2, 0.25) is 5.91 Å². The summed E-state index contributed by atoms with van der Waals surface area (Å²) in [5, 5.41) is 9.00. The molecule has 6 nitrogen and oxygen atoms in total. The van der Waals surface area contributed by atoms with Crippen molar-refractivity contribution in [2.45, 2.75) is 26.2 Å². The second-order valence-electron chi connectivity index (χ2n) is 5.66. The van der Waals surface area contributed by atoms with Crippen molar-refractivity contribution in [3.63, 3.8) is 0 Å². The van der Waals surface area contributed by atoms with Crippen molar-refractivity contribution >= 4 is 11.9 Å². The van der Waals surface area contributed by atoms with E-state index in [2.05, 4.69) is 0 Å². The predicted molar refractivity (Wildman–Crippen MR) is 84.8 cm³/mol. The fourth-order valence-electron chi connectivity index (χ4n) is 2.62. The summed E-state index contributed by atoms with van der Waals surface area (Å²) in [5.41, 5.74) is 1.03. The van der Waals surface area contributed by atoms with Crippen LogP contribution in [0, 0.1) is 5.92 Å². The van der Waals surface area contributed by atoms with Crippen LogP contribution >= 0.6 is 0 Å². The summed E-state index contributed by atoms with van der Waals surface area (Å²) in [4.78, 5) is 24.4. The maximum atomic E-state index is 11.8. The number of rotatable bonds is 8. The molecular weight excluding hydrogens is 298 g/mol. The van der Waals surface area contributed by atoms with Gasteiger partial charge in [0.1, 0.15) is 0 Å². The molecule has 1 heterocycles. The number of hydrogen-bond acceptors (Lipinski definition) is 4. The third kappa shape index (κ3) is 4.37. The van der Waals surface area contributed by atoms with E-state index in [0.29, 0.717) is 37.6 Å². The molecule has 1 amide bonds. The molecule has 0 spiro atoms. The molecule has 1 aromatic carbocycles. The first-order valence-corrected chi connectivity index (χ1v) is 7.85. The number of ether oxygens (including phenoxy) is 2. The molecule has 1 saturated heterocycles. The zero-order chi connectivity index (χ0) is 16.8. The molecule has 0 aromatic heterocycles. The van der Waals surface area contributed by atoms with Gasteiger partial charge < -0.3 is 19.5 Å². The zero-order valence-electron chi connectivity index (χ0n) is 13.6. The van der Waals surface area contributed by atoms with Gasteiger partial charge in [-0.25, -0.2) is 0 Å². The van der Waals surface area contributed by atoms with Crippen molar-refractivity contribution in [3.8, 4) is 11.5 Å². The van der Waals surface area contributed by atoms with Crippen LogP contribution in [0.25, 0.3) is 0 Å². The number of aliphatic carboxylic acids is 1. The Morgan fingerprint density at radius 1 is 1.39 bits per heavy atom. The van der Waals surface area contributed by atoms with Gasteiger partial charge in [0.05, 0.1) is 19.6 Å². The van der Waals surface area contributed by atoms with Crippen molar-refractivity contribution in [1.29, 1.82) is 0 Å². The number of amides is 1. The highest BCUT2D eigenvalue weighted by Gasteiger charge is 2.33. The van der Waals surface area contributed by atoms with Crippen molar-refractivity contribution in [2.75, 3.05) is 26.8 Å². The number of carbonyl (C=O) groups is 2. The maximum Gasteiger partial charge on any atom is 0.308 e. The lowest BCUT2D eigenvalue weighted by molar-refractivity contribution is -0.141. The van der Waals surface area contributed by atoms with Crippen LogP contribution in [0.2, 0.25) is 0 Å². The Bertz CT molecular complexity index is 572. The van der Waals surface area contributed by atoms with Gasteiger partial charge >= 0.3 is 5.97 Å². The zero-order valence-corrected chi connectivity index (χ0v) is 13.6. The lowest BCUT2D eigenvalue weighted by Crippen LogP contribution is -2.28. The van der Waals surface area contributed by atoms with Gasteiger partial charge in [-0.3, -0.25) is 9.59 Å². The number of benzene rings is 1. The van der Waals surface area contributed by atoms with E-state index in [4.69, 9.17) is 14.6 Å². The quantitative estimate of drug-likeness (QED) is 0.792. The van der Waals surface area contributed by atoms with Crippen molar-refractivity contribution < 1.29 is 24.2 Å². The SMILES string of the molecule is CCCOc1cc(CCN2CC(C(=O)O)CC2=O)ccc1OC. The largest absolute Gasteiger partial charge is 0.493 e. The third-order valence-electron chi connectivity index (χ3n) is 3.92. The Hall–Kier alpha value is -2.24. The van der Waals surface area contributed by atoms with E-state index in [0.717, 1.165) is 12.0 Å². The van der Waals surface area contributed by atoms with Crippen LogP contribution < -0.4 is 9.47 Å². The van der Waals surface area contributed by atoms with Crippen molar-refractivity contribution in [1.82, 2.24) is 4.90 Å². The first-order valence-electron chi connectivity index (χ1n) is 7.85. The van der Waals surface area contributed by atoms with Crippen LogP contribution in [0.3, 0.4) is 0 Å². The molecule has 0 radical (unpaired) electrons. The van der Waals surface area contributed by atoms with Gasteiger partial charge in [-0.1, -0.05) is 13.0 Å². The number of methoxy groups -OCH3 is 1. The molecule has 1 aliphatic rings. The van der Waals surface area contributed by atoms with Crippen LogP contribution in [0.15, 0.2) is 18.2 Å². The molecule has 23 heavy (non-hydrogen) atoms. The average Bonchev–Trinajstić information content (AvgIpc) is 2.92. The molecule has 1 aliphatic heterocycles. The van der Waals surface area contributed by atoms with Gasteiger partial charge in [0.25, 0.3) is 0 Å². The summed E-state index contributed by atoms with van der Waals surface area (Å²) in [6, 6.07) is 5.71. The highest BCUT2D eigenvalue weighted by Crippen LogP contribution is 2.28. The average molecular weight is 321 g/mol. The van der Waals surface area contributed by atoms with E-state index in [-0.39, 0.29) is 12.3 Å². The Kier molecular flexibility index (Phi) is 5.84. The fourth-order valence-corrected chi connectivity index (χ4v) is 2.62. The van der Waals surface area contributed by atoms with E-state index in [1.165, 1.54) is 0 Å². The second kappa shape index (κ2) is 7.85. The Balaban J connectivity index is 1.97. The van der Waals surface area contributed by atoms with Crippen LogP contribution in [-0.2, 0) is 16.0 Å². The summed E-state index contributed by atoms with van der Waals surface area (Å²) < 4.78 is 11.0. The molecule has 126 valence electrons. The predicted octanol–water partition coefficient (Wildman–Crippen LogP) is 1.96. The van der Waals surface area contributed by atoms with Gasteiger partial charge in [-0.2, -0.15) is 0 Å². The fraction of sp³-hybridized carbons (Fsp3) is 0.529. The summed E-state index contributed by atoms with van der Waals surface area (Å²) >= 11 is 0. The van der Waals surface area contributed by atoms with Crippen molar-refractivity contribution in [2.24, 2.45) is 5.92 Å². The minimum Gasteiger partial charge on any atom is -0.493 e. The Morgan fingerprint density at radius 3 is 2.78 bits per heavy atom. The Labute approximate surface area is 136 Å². The molecule has 6 heteroatoms. The summed E-state index contributed by atoms with van der Waals surface area (Å²) in [7, 11) is 1.60. The van der Waals surface area contributed by atoms with E-state index in [9.17, 15) is 9.59 Å². The molecule has 1 atom stereocenters. The summed E-state index contributed by atoms with van der Waals surface area (Å²) in [5.74, 6) is -0.191. The lowest BCUT2D eigenvalue weighted by atomic mass is 10.1. The molecule has 0 saturated carbocycles. The van der Waals surface area contributed by atoms with E-state index in [1.54, 1.807) is 12.0 Å². The van der Waals surface area contributed by atoms with Crippen LogP contribution in [-0.4, -0.2) is 48.7 Å². The number of carbonyl (C=O) groups excluding carboxylic acids is 1. The highest BCUT2D eigenvalue weighted by molar-refractivity contribution is 5.86. The van der Waals surface area contributed by atoms with Gasteiger partial charge in [-0.15, -0.1) is 0 Å². The second-order valence-corrected chi connectivity index (χ2v) is 5.66. The smallest absolute Gasteiger partial charge is 0.308 e. The van der Waals surface area contributed by atoms with Crippen LogP contribution in [0.1, 0.15) is 25.3 Å². The van der Waals surface area contributed by atoms with Crippen molar-refractivity contribution in [3.05, 3.63) is 23.8 Å². The first kappa shape index (κ1) is 17.1. The van der Waals surface area contributed by atoms with Gasteiger partial charge in [-0.05, 0) is 30.5 Å². The van der Waals surface area contributed by atoms with Crippen LogP contribution in [0.5, 0.6) is 11.5 Å². The molecule has 2 rings (SSSR count). The van der Waals surface area contributed by atoms with E-state index >= 15 is 0 Å². The molecular formula is C17H23NO5. The molecule has 1 N–H and O–H groups in total. The Morgan fingerprint density at radius 2 is 2.17 bits per heavy atom. The lowest BCUT2D eigenvalue weighted by Gasteiger charge is -2.17. The van der Waals surface area contributed by atoms with Gasteiger partial charge in [0, 0.05) is 19.5 Å². The topological polar surface area (TPSA) is 76.1 Å². The molecule has 0 aliphatic carbocycles. The summed E-state index contributed by atoms with van der Waals surface area (Å²) in [6.07, 6.45) is 1.67. The standard InChI is InChI=1S/C17H23NO5/c1-3-8-23-15-9-12(4-5-14(15)22-2)6-7-18-11-13(17(20)21)10-16(18)19/h4-5,9,13H,3,6-8,10-11H2,1-2H3,(H,20,21). The first-order chi connectivity index (χ1) is 11.0. The number of carboxylic acid groups (broad SMARTS) is 1. The number of hydrogen-bond donors (Lipinski definition) is 1. The van der Waals surface area contributed by atoms with E-state index < -0.39 is 11.9 Å². The number of carboxylic acids is 1.